The highest BCUT2D eigenvalue weighted by atomic mass is 16.1. The van der Waals surface area contributed by atoms with Crippen molar-refractivity contribution in [3.63, 3.8) is 0 Å². The molecule has 1 N–H and O–H groups in total. The van der Waals surface area contributed by atoms with Crippen molar-refractivity contribution >= 4 is 5.91 Å². The van der Waals surface area contributed by atoms with Gasteiger partial charge in [0.2, 0.25) is 5.91 Å². The highest BCUT2D eigenvalue weighted by Gasteiger charge is 2.24. The van der Waals surface area contributed by atoms with Gasteiger partial charge in [-0.2, -0.15) is 0 Å². The number of nitrogens with one attached hydrogen (secondary N) is 1. The molecule has 2 rings (SSSR count). The predicted molar refractivity (Wildman–Crippen MR) is 82.4 cm³/mol. The minimum atomic E-state index is 0.221. The maximum atomic E-state index is 12.0. The maximum absolute atomic E-state index is 12.0. The molecule has 1 aromatic rings. The molecule has 1 saturated heterocycles. The van der Waals surface area contributed by atoms with E-state index in [1.165, 1.54) is 5.56 Å². The molecule has 0 atom stereocenters. The molecular formula is C17H26N2O. The van der Waals surface area contributed by atoms with E-state index in [1.54, 1.807) is 0 Å². The van der Waals surface area contributed by atoms with Crippen LogP contribution in [0.5, 0.6) is 0 Å². The fourth-order valence-electron chi connectivity index (χ4n) is 2.73. The Bertz CT molecular complexity index is 397. The molecule has 1 fully saturated rings. The Morgan fingerprint density at radius 1 is 1.25 bits per heavy atom. The van der Waals surface area contributed by atoms with Crippen LogP contribution in [-0.4, -0.2) is 30.4 Å². The Kier molecular flexibility index (Phi) is 6.06. The van der Waals surface area contributed by atoms with Gasteiger partial charge in [-0.3, -0.25) is 9.69 Å². The standard InChI is InChI=1S/C17H26N2O/c1-2-3-11-18-17(20)16-9-12-19(13-10-16)14-15-7-5-4-6-8-15/h4-8,16H,2-3,9-14H2,1H3,(H,18,20). The zero-order valence-corrected chi connectivity index (χ0v) is 12.5. The van der Waals surface area contributed by atoms with Crippen molar-refractivity contribution in [3.05, 3.63) is 35.9 Å². The Morgan fingerprint density at radius 2 is 1.95 bits per heavy atom. The van der Waals surface area contributed by atoms with Crippen molar-refractivity contribution in [2.75, 3.05) is 19.6 Å². The average Bonchev–Trinajstić information content (AvgIpc) is 2.49. The van der Waals surface area contributed by atoms with Crippen LogP contribution in [0, 0.1) is 5.92 Å². The van der Waals surface area contributed by atoms with E-state index in [0.717, 1.165) is 51.9 Å². The van der Waals surface area contributed by atoms with Gasteiger partial charge in [0, 0.05) is 19.0 Å². The summed E-state index contributed by atoms with van der Waals surface area (Å²) in [4.78, 5) is 14.5. The number of nitrogens with zero attached hydrogens (tertiary/aromatic N) is 1. The first-order chi connectivity index (χ1) is 9.79. The van der Waals surface area contributed by atoms with Gasteiger partial charge < -0.3 is 5.32 Å². The molecule has 1 heterocycles. The summed E-state index contributed by atoms with van der Waals surface area (Å²) in [5.74, 6) is 0.483. The number of carbonyl (C=O) groups excluding carboxylic acids is 1. The molecule has 20 heavy (non-hydrogen) atoms. The molecule has 0 aromatic heterocycles. The van der Waals surface area contributed by atoms with Crippen LogP contribution >= 0.6 is 0 Å². The molecule has 3 nitrogen and oxygen atoms in total. The molecule has 0 saturated carbocycles. The first kappa shape index (κ1) is 15.0. The van der Waals surface area contributed by atoms with Crippen LogP contribution < -0.4 is 5.32 Å². The quantitative estimate of drug-likeness (QED) is 0.809. The van der Waals surface area contributed by atoms with Gasteiger partial charge in [0.25, 0.3) is 0 Å². The van der Waals surface area contributed by atoms with Gasteiger partial charge >= 0.3 is 0 Å². The monoisotopic (exact) mass is 274 g/mol. The largest absolute Gasteiger partial charge is 0.356 e. The van der Waals surface area contributed by atoms with Crippen molar-refractivity contribution < 1.29 is 4.79 Å². The first-order valence-electron chi connectivity index (χ1n) is 7.83. The van der Waals surface area contributed by atoms with Gasteiger partial charge in [0.1, 0.15) is 0 Å². The second kappa shape index (κ2) is 8.05. The van der Waals surface area contributed by atoms with E-state index in [9.17, 15) is 4.79 Å². The van der Waals surface area contributed by atoms with E-state index < -0.39 is 0 Å². The molecule has 0 bridgehead atoms. The lowest BCUT2D eigenvalue weighted by Crippen LogP contribution is -2.40. The number of carbonyl (C=O) groups is 1. The summed E-state index contributed by atoms with van der Waals surface area (Å²) in [5, 5.41) is 3.06. The molecule has 3 heteroatoms. The third-order valence-corrected chi connectivity index (χ3v) is 4.04. The molecule has 0 radical (unpaired) electrons. The zero-order chi connectivity index (χ0) is 14.2. The van der Waals surface area contributed by atoms with Crippen LogP contribution in [0.2, 0.25) is 0 Å². The van der Waals surface area contributed by atoms with E-state index in [0.29, 0.717) is 0 Å². The Balaban J connectivity index is 1.71. The number of unbranched alkanes of at least 4 members (excludes halogenated alkanes) is 1. The summed E-state index contributed by atoms with van der Waals surface area (Å²) < 4.78 is 0. The number of likely N-dealkylation sites (tertiary alicyclic amines) is 1. The highest BCUT2D eigenvalue weighted by Crippen LogP contribution is 2.19. The molecule has 110 valence electrons. The van der Waals surface area contributed by atoms with Gasteiger partial charge in [-0.05, 0) is 37.9 Å². The van der Waals surface area contributed by atoms with Crippen molar-refractivity contribution in [3.8, 4) is 0 Å². The summed E-state index contributed by atoms with van der Waals surface area (Å²) in [6.45, 7) is 6.04. The van der Waals surface area contributed by atoms with Crippen molar-refractivity contribution in [2.45, 2.75) is 39.2 Å². The Hall–Kier alpha value is -1.35. The predicted octanol–water partition coefficient (Wildman–Crippen LogP) is 2.81. The van der Waals surface area contributed by atoms with Crippen LogP contribution in [0.15, 0.2) is 30.3 Å². The van der Waals surface area contributed by atoms with E-state index in [1.807, 2.05) is 0 Å². The summed E-state index contributed by atoms with van der Waals surface area (Å²) in [6.07, 6.45) is 4.20. The van der Waals surface area contributed by atoms with Crippen LogP contribution in [-0.2, 0) is 11.3 Å². The summed E-state index contributed by atoms with van der Waals surface area (Å²) in [6, 6.07) is 10.6. The maximum Gasteiger partial charge on any atom is 0.223 e. The van der Waals surface area contributed by atoms with Gasteiger partial charge in [-0.1, -0.05) is 43.7 Å². The van der Waals surface area contributed by atoms with Crippen molar-refractivity contribution in [1.29, 1.82) is 0 Å². The van der Waals surface area contributed by atoms with E-state index in [2.05, 4.69) is 47.5 Å². The normalized spacial score (nSPS) is 17.1. The molecule has 0 spiro atoms. The second-order valence-electron chi connectivity index (χ2n) is 5.68. The first-order valence-corrected chi connectivity index (χ1v) is 7.83. The van der Waals surface area contributed by atoms with Crippen LogP contribution in [0.3, 0.4) is 0 Å². The fraction of sp³-hybridized carbons (Fsp3) is 0.588. The van der Waals surface area contributed by atoms with Crippen LogP contribution in [0.25, 0.3) is 0 Å². The van der Waals surface area contributed by atoms with Crippen LogP contribution in [0.1, 0.15) is 38.2 Å². The lowest BCUT2D eigenvalue weighted by atomic mass is 9.95. The molecular weight excluding hydrogens is 248 g/mol. The third-order valence-electron chi connectivity index (χ3n) is 4.04. The number of piperidine rings is 1. The number of rotatable bonds is 6. The Labute approximate surface area is 122 Å². The van der Waals surface area contributed by atoms with Crippen LogP contribution in [0.4, 0.5) is 0 Å². The van der Waals surface area contributed by atoms with Crippen molar-refractivity contribution in [1.82, 2.24) is 10.2 Å². The highest BCUT2D eigenvalue weighted by molar-refractivity contribution is 5.78. The topological polar surface area (TPSA) is 32.3 Å². The Morgan fingerprint density at radius 3 is 2.60 bits per heavy atom. The van der Waals surface area contributed by atoms with Gasteiger partial charge in [0.05, 0.1) is 0 Å². The minimum absolute atomic E-state index is 0.221. The number of hydrogen-bond donors (Lipinski definition) is 1. The fourth-order valence-corrected chi connectivity index (χ4v) is 2.73. The molecule has 0 aliphatic carbocycles. The van der Waals surface area contributed by atoms with E-state index in [-0.39, 0.29) is 11.8 Å². The van der Waals surface area contributed by atoms with E-state index in [4.69, 9.17) is 0 Å². The van der Waals surface area contributed by atoms with Crippen molar-refractivity contribution in [2.24, 2.45) is 5.92 Å². The lowest BCUT2D eigenvalue weighted by Gasteiger charge is -2.31. The summed E-state index contributed by atoms with van der Waals surface area (Å²) >= 11 is 0. The molecule has 1 aromatic carbocycles. The summed E-state index contributed by atoms with van der Waals surface area (Å²) in [7, 11) is 0. The smallest absolute Gasteiger partial charge is 0.223 e. The minimum Gasteiger partial charge on any atom is -0.356 e. The number of hydrogen-bond acceptors (Lipinski definition) is 2. The van der Waals surface area contributed by atoms with Gasteiger partial charge in [-0.25, -0.2) is 0 Å². The third kappa shape index (κ3) is 4.64. The van der Waals surface area contributed by atoms with Gasteiger partial charge in [0.15, 0.2) is 0 Å². The molecule has 1 aliphatic heterocycles. The summed E-state index contributed by atoms with van der Waals surface area (Å²) in [5.41, 5.74) is 1.36. The zero-order valence-electron chi connectivity index (χ0n) is 12.5. The average molecular weight is 274 g/mol. The molecule has 0 unspecified atom stereocenters. The number of benzene rings is 1. The molecule has 1 aliphatic rings. The van der Waals surface area contributed by atoms with E-state index >= 15 is 0 Å². The van der Waals surface area contributed by atoms with Gasteiger partial charge in [-0.15, -0.1) is 0 Å². The lowest BCUT2D eigenvalue weighted by molar-refractivity contribution is -0.126. The SMILES string of the molecule is CCCCNC(=O)C1CCN(Cc2ccccc2)CC1. The number of amides is 1. The molecule has 1 amide bonds. The second-order valence-corrected chi connectivity index (χ2v) is 5.68.